The summed E-state index contributed by atoms with van der Waals surface area (Å²) >= 11 is 0. The van der Waals surface area contributed by atoms with Gasteiger partial charge in [0.1, 0.15) is 23.4 Å². The lowest BCUT2D eigenvalue weighted by Crippen LogP contribution is -1.93. The van der Waals surface area contributed by atoms with E-state index in [1.54, 1.807) is 24.4 Å². The SMILES string of the molecule is N#Cc1c(-c2ccc(O)cc2F)cc2[nH]ncc2c1-c1ccco1. The van der Waals surface area contributed by atoms with Crippen LogP contribution in [0.25, 0.3) is 33.4 Å². The maximum atomic E-state index is 14.3. The van der Waals surface area contributed by atoms with E-state index < -0.39 is 5.82 Å². The van der Waals surface area contributed by atoms with Gasteiger partial charge in [-0.3, -0.25) is 5.10 Å². The van der Waals surface area contributed by atoms with Gasteiger partial charge in [0, 0.05) is 28.1 Å². The molecule has 4 rings (SSSR count). The van der Waals surface area contributed by atoms with Crippen molar-refractivity contribution in [3.05, 3.63) is 60.2 Å². The van der Waals surface area contributed by atoms with Crippen molar-refractivity contribution in [1.29, 1.82) is 5.26 Å². The molecule has 5 nitrogen and oxygen atoms in total. The highest BCUT2D eigenvalue weighted by Gasteiger charge is 2.20. The van der Waals surface area contributed by atoms with Gasteiger partial charge in [-0.1, -0.05) is 0 Å². The van der Waals surface area contributed by atoms with Crippen molar-refractivity contribution >= 4 is 10.9 Å². The number of furan rings is 1. The number of halogens is 1. The molecule has 6 heteroatoms. The van der Waals surface area contributed by atoms with E-state index in [9.17, 15) is 14.8 Å². The summed E-state index contributed by atoms with van der Waals surface area (Å²) in [5.74, 6) is -0.293. The van der Waals surface area contributed by atoms with Crippen molar-refractivity contribution in [1.82, 2.24) is 10.2 Å². The number of hydrogen-bond acceptors (Lipinski definition) is 4. The zero-order valence-electron chi connectivity index (χ0n) is 12.2. The molecule has 0 fully saturated rings. The summed E-state index contributed by atoms with van der Waals surface area (Å²) in [6.45, 7) is 0. The van der Waals surface area contributed by atoms with E-state index in [2.05, 4.69) is 16.3 Å². The van der Waals surface area contributed by atoms with Crippen LogP contribution in [0.3, 0.4) is 0 Å². The van der Waals surface area contributed by atoms with Crippen molar-refractivity contribution < 1.29 is 13.9 Å². The van der Waals surface area contributed by atoms with Gasteiger partial charge in [-0.2, -0.15) is 10.4 Å². The van der Waals surface area contributed by atoms with Gasteiger partial charge in [-0.05, 0) is 30.3 Å². The molecule has 2 N–H and O–H groups in total. The highest BCUT2D eigenvalue weighted by Crippen LogP contribution is 2.39. The summed E-state index contributed by atoms with van der Waals surface area (Å²) in [6, 6.07) is 11.1. The van der Waals surface area contributed by atoms with Gasteiger partial charge < -0.3 is 9.52 Å². The average molecular weight is 319 g/mol. The van der Waals surface area contributed by atoms with Crippen LogP contribution < -0.4 is 0 Å². The van der Waals surface area contributed by atoms with Crippen LogP contribution in [-0.2, 0) is 0 Å². The summed E-state index contributed by atoms with van der Waals surface area (Å²) in [4.78, 5) is 0. The van der Waals surface area contributed by atoms with Crippen molar-refractivity contribution in [3.63, 3.8) is 0 Å². The molecule has 0 unspecified atom stereocenters. The Bertz CT molecular complexity index is 1090. The van der Waals surface area contributed by atoms with Crippen LogP contribution in [0.5, 0.6) is 5.75 Å². The minimum Gasteiger partial charge on any atom is -0.508 e. The predicted octanol–water partition coefficient (Wildman–Crippen LogP) is 4.21. The Morgan fingerprint density at radius 1 is 1.21 bits per heavy atom. The van der Waals surface area contributed by atoms with Gasteiger partial charge in [0.25, 0.3) is 0 Å². The minimum absolute atomic E-state index is 0.177. The van der Waals surface area contributed by atoms with Crippen molar-refractivity contribution in [3.8, 4) is 34.3 Å². The average Bonchev–Trinajstić information content (AvgIpc) is 3.24. The first-order valence-corrected chi connectivity index (χ1v) is 7.12. The lowest BCUT2D eigenvalue weighted by atomic mass is 9.92. The quantitative estimate of drug-likeness (QED) is 0.579. The molecule has 24 heavy (non-hydrogen) atoms. The molecule has 0 aliphatic heterocycles. The number of fused-ring (bicyclic) bond motifs is 1. The van der Waals surface area contributed by atoms with Crippen LogP contribution in [0, 0.1) is 17.1 Å². The highest BCUT2D eigenvalue weighted by atomic mass is 19.1. The third-order valence-electron chi connectivity index (χ3n) is 3.87. The number of H-pyrrole nitrogens is 1. The zero-order chi connectivity index (χ0) is 16.7. The number of nitrogens with zero attached hydrogens (tertiary/aromatic N) is 2. The molecule has 2 aromatic carbocycles. The number of aromatic nitrogens is 2. The Kier molecular flexibility index (Phi) is 3.07. The Morgan fingerprint density at radius 2 is 2.08 bits per heavy atom. The van der Waals surface area contributed by atoms with Crippen LogP contribution in [0.2, 0.25) is 0 Å². The Balaban J connectivity index is 2.12. The van der Waals surface area contributed by atoms with Gasteiger partial charge in [0.15, 0.2) is 0 Å². The molecule has 4 aromatic rings. The maximum absolute atomic E-state index is 14.3. The van der Waals surface area contributed by atoms with E-state index >= 15 is 0 Å². The second kappa shape index (κ2) is 5.25. The highest BCUT2D eigenvalue weighted by molar-refractivity contribution is 6.01. The summed E-state index contributed by atoms with van der Waals surface area (Å²) in [5, 5.41) is 26.7. The van der Waals surface area contributed by atoms with E-state index in [1.807, 2.05) is 0 Å². The van der Waals surface area contributed by atoms with Crippen molar-refractivity contribution in [2.24, 2.45) is 0 Å². The molecule has 0 spiro atoms. The van der Waals surface area contributed by atoms with Crippen LogP contribution in [0.4, 0.5) is 4.39 Å². The molecule has 0 saturated heterocycles. The number of phenols is 1. The molecule has 0 amide bonds. The number of rotatable bonds is 2. The standard InChI is InChI=1S/C18H10FN3O2/c19-15-6-10(23)3-4-11(15)12-7-16-14(9-21-22-16)18(13(12)8-20)17-2-1-5-24-17/h1-7,9,23H,(H,21,22). The van der Waals surface area contributed by atoms with Crippen LogP contribution in [0.15, 0.2) is 53.3 Å². The fourth-order valence-corrected chi connectivity index (χ4v) is 2.82. The first-order valence-electron chi connectivity index (χ1n) is 7.12. The number of phenolic OH excluding ortho intramolecular Hbond substituents is 1. The zero-order valence-corrected chi connectivity index (χ0v) is 12.2. The molecule has 0 saturated carbocycles. The number of nitrogens with one attached hydrogen (secondary N) is 1. The molecule has 2 heterocycles. The molecular formula is C18H10FN3O2. The monoisotopic (exact) mass is 319 g/mol. The fourth-order valence-electron chi connectivity index (χ4n) is 2.82. The predicted molar refractivity (Wildman–Crippen MR) is 85.6 cm³/mol. The molecule has 0 radical (unpaired) electrons. The van der Waals surface area contributed by atoms with E-state index in [1.165, 1.54) is 18.4 Å². The summed E-state index contributed by atoms with van der Waals surface area (Å²) < 4.78 is 19.8. The second-order valence-corrected chi connectivity index (χ2v) is 5.26. The van der Waals surface area contributed by atoms with Gasteiger partial charge in [0.05, 0.1) is 23.5 Å². The molecule has 0 aliphatic rings. The minimum atomic E-state index is -0.615. The van der Waals surface area contributed by atoms with Gasteiger partial charge in [-0.25, -0.2) is 4.39 Å². The van der Waals surface area contributed by atoms with Crippen LogP contribution >= 0.6 is 0 Å². The molecule has 116 valence electrons. The summed E-state index contributed by atoms with van der Waals surface area (Å²) in [7, 11) is 0. The number of benzene rings is 2. The van der Waals surface area contributed by atoms with E-state index in [0.29, 0.717) is 27.8 Å². The summed E-state index contributed by atoms with van der Waals surface area (Å²) in [6.07, 6.45) is 3.11. The number of aromatic amines is 1. The van der Waals surface area contributed by atoms with Gasteiger partial charge >= 0.3 is 0 Å². The molecular weight excluding hydrogens is 309 g/mol. The van der Waals surface area contributed by atoms with Crippen molar-refractivity contribution in [2.45, 2.75) is 0 Å². The lowest BCUT2D eigenvalue weighted by Gasteiger charge is -2.11. The Labute approximate surface area is 135 Å². The normalized spacial score (nSPS) is 10.8. The third kappa shape index (κ3) is 2.03. The number of aromatic hydroxyl groups is 1. The third-order valence-corrected chi connectivity index (χ3v) is 3.87. The van der Waals surface area contributed by atoms with Gasteiger partial charge in [-0.15, -0.1) is 0 Å². The summed E-state index contributed by atoms with van der Waals surface area (Å²) in [5.41, 5.74) is 2.11. The Hall–Kier alpha value is -3.59. The molecule has 0 bridgehead atoms. The maximum Gasteiger partial charge on any atom is 0.135 e. The van der Waals surface area contributed by atoms with Crippen LogP contribution in [-0.4, -0.2) is 15.3 Å². The molecule has 0 aliphatic carbocycles. The topological polar surface area (TPSA) is 85.8 Å². The van der Waals surface area contributed by atoms with E-state index in [0.717, 1.165) is 6.07 Å². The number of nitriles is 1. The molecule has 2 aromatic heterocycles. The van der Waals surface area contributed by atoms with E-state index in [-0.39, 0.29) is 16.9 Å². The van der Waals surface area contributed by atoms with E-state index in [4.69, 9.17) is 4.42 Å². The largest absolute Gasteiger partial charge is 0.508 e. The lowest BCUT2D eigenvalue weighted by molar-refractivity contribution is 0.469. The number of hydrogen-bond donors (Lipinski definition) is 2. The van der Waals surface area contributed by atoms with Crippen LogP contribution in [0.1, 0.15) is 5.56 Å². The second-order valence-electron chi connectivity index (χ2n) is 5.26. The molecule has 0 atom stereocenters. The fraction of sp³-hybridized carbons (Fsp3) is 0. The smallest absolute Gasteiger partial charge is 0.135 e. The first kappa shape index (κ1) is 14.0. The van der Waals surface area contributed by atoms with Crippen molar-refractivity contribution in [2.75, 3.05) is 0 Å². The first-order chi connectivity index (χ1) is 11.7. The Morgan fingerprint density at radius 3 is 2.79 bits per heavy atom. The van der Waals surface area contributed by atoms with Gasteiger partial charge in [0.2, 0.25) is 0 Å².